The first-order valence-electron chi connectivity index (χ1n) is 10.8. The number of aliphatic hydroxyl groups is 3. The molecule has 1 aliphatic carbocycles. The molecule has 1 saturated carbocycles. The molecule has 5 atom stereocenters. The van der Waals surface area contributed by atoms with Gasteiger partial charge in [-0.25, -0.2) is 4.79 Å². The van der Waals surface area contributed by atoms with Crippen LogP contribution in [0.25, 0.3) is 0 Å². The molecule has 1 aliphatic rings. The third kappa shape index (κ3) is 6.72. The van der Waals surface area contributed by atoms with Crippen molar-refractivity contribution in [3.63, 3.8) is 0 Å². The Kier molecular flexibility index (Phi) is 9.90. The van der Waals surface area contributed by atoms with E-state index in [0.29, 0.717) is 12.8 Å². The van der Waals surface area contributed by atoms with Gasteiger partial charge < -0.3 is 45.1 Å². The number of ether oxygens (including phenoxy) is 4. The van der Waals surface area contributed by atoms with Gasteiger partial charge in [-0.15, -0.1) is 0 Å². The van der Waals surface area contributed by atoms with Crippen molar-refractivity contribution in [3.05, 3.63) is 17.7 Å². The summed E-state index contributed by atoms with van der Waals surface area (Å²) in [5.74, 6) is -3.10. The largest absolute Gasteiger partial charge is 0.493 e. The van der Waals surface area contributed by atoms with Crippen molar-refractivity contribution in [3.8, 4) is 17.2 Å². The Morgan fingerprint density at radius 2 is 1.65 bits per heavy atom. The average Bonchev–Trinajstić information content (AvgIpc) is 2.80. The summed E-state index contributed by atoms with van der Waals surface area (Å²) in [6.45, 7) is 0.171. The van der Waals surface area contributed by atoms with E-state index in [1.165, 1.54) is 26.4 Å². The van der Waals surface area contributed by atoms with Gasteiger partial charge in [0.25, 0.3) is 0 Å². The van der Waals surface area contributed by atoms with E-state index < -0.39 is 42.3 Å². The van der Waals surface area contributed by atoms with Gasteiger partial charge in [0.1, 0.15) is 18.3 Å². The second-order valence-electron chi connectivity index (χ2n) is 7.99. The molecular weight excluding hydrogens is 452 g/mol. The topological polar surface area (TPSA) is 202 Å². The molecule has 0 bridgehead atoms. The fourth-order valence-corrected chi connectivity index (χ4v) is 3.66. The summed E-state index contributed by atoms with van der Waals surface area (Å²) in [7, 11) is 2.64. The molecule has 12 nitrogen and oxygen atoms in total. The van der Waals surface area contributed by atoms with Gasteiger partial charge in [-0.3, -0.25) is 10.2 Å². The van der Waals surface area contributed by atoms with Crippen LogP contribution < -0.4 is 19.9 Å². The fraction of sp³-hybridized carbons (Fsp3) is 0.591. The molecule has 0 heterocycles. The molecule has 0 spiro atoms. The predicted octanol–water partition coefficient (Wildman–Crippen LogP) is 0.292. The van der Waals surface area contributed by atoms with Crippen LogP contribution in [0.15, 0.2) is 12.1 Å². The molecule has 12 heteroatoms. The summed E-state index contributed by atoms with van der Waals surface area (Å²) in [6.07, 6.45) is -3.89. The Balaban J connectivity index is 2.14. The Hall–Kier alpha value is -3.09. The number of methoxy groups -OCH3 is 2. The summed E-state index contributed by atoms with van der Waals surface area (Å²) in [5, 5.41) is 46.8. The first kappa shape index (κ1) is 27.2. The normalized spacial score (nSPS) is 24.2. The highest BCUT2D eigenvalue weighted by atomic mass is 16.6. The number of aliphatic hydroxyl groups excluding tert-OH is 3. The molecular formula is C22H32N2O10. The van der Waals surface area contributed by atoms with Crippen LogP contribution >= 0.6 is 0 Å². The van der Waals surface area contributed by atoms with E-state index in [1.54, 1.807) is 0 Å². The van der Waals surface area contributed by atoms with Gasteiger partial charge in [-0.05, 0) is 31.4 Å². The first-order valence-corrected chi connectivity index (χ1v) is 10.8. The third-order valence-corrected chi connectivity index (χ3v) is 5.59. The van der Waals surface area contributed by atoms with E-state index in [9.17, 15) is 30.0 Å². The van der Waals surface area contributed by atoms with Gasteiger partial charge in [-0.1, -0.05) is 0 Å². The van der Waals surface area contributed by atoms with Crippen molar-refractivity contribution >= 4 is 17.8 Å². The maximum atomic E-state index is 12.5. The third-order valence-electron chi connectivity index (χ3n) is 5.59. The zero-order chi connectivity index (χ0) is 25.4. The second-order valence-corrected chi connectivity index (χ2v) is 7.99. The van der Waals surface area contributed by atoms with Gasteiger partial charge in [0.2, 0.25) is 5.75 Å². The van der Waals surface area contributed by atoms with Crippen LogP contribution in [0.2, 0.25) is 0 Å². The van der Waals surface area contributed by atoms with Crippen LogP contribution in [0.5, 0.6) is 17.2 Å². The minimum absolute atomic E-state index is 0.0115. The lowest BCUT2D eigenvalue weighted by Gasteiger charge is -2.38. The van der Waals surface area contributed by atoms with Gasteiger partial charge in [0.05, 0.1) is 44.2 Å². The molecule has 1 aromatic rings. The number of unbranched alkanes of at least 4 members (excludes halogenated alkanes) is 2. The number of carbonyl (C=O) groups excluding carboxylic acids is 1. The van der Waals surface area contributed by atoms with Crippen molar-refractivity contribution in [2.45, 2.75) is 56.5 Å². The molecule has 7 N–H and O–H groups in total. The van der Waals surface area contributed by atoms with E-state index in [0.717, 1.165) is 12.8 Å². The molecule has 0 unspecified atom stereocenters. The van der Waals surface area contributed by atoms with E-state index in [-0.39, 0.29) is 41.7 Å². The number of carbonyl (C=O) groups is 2. The number of rotatable bonds is 12. The van der Waals surface area contributed by atoms with Crippen LogP contribution in [-0.2, 0) is 9.53 Å². The van der Waals surface area contributed by atoms with E-state index >= 15 is 0 Å². The number of carboxylic acids is 1. The first-order chi connectivity index (χ1) is 16.1. The lowest BCUT2D eigenvalue weighted by atomic mass is 9.80. The number of aliphatic carboxylic acids is 1. The highest BCUT2D eigenvalue weighted by Gasteiger charge is 2.47. The lowest BCUT2D eigenvalue weighted by Crippen LogP contribution is -2.57. The zero-order valence-corrected chi connectivity index (χ0v) is 19.1. The maximum absolute atomic E-state index is 12.5. The van der Waals surface area contributed by atoms with Crippen molar-refractivity contribution in [1.82, 2.24) is 0 Å². The second kappa shape index (κ2) is 12.4. The molecule has 0 saturated heterocycles. The molecule has 0 amide bonds. The van der Waals surface area contributed by atoms with E-state index in [1.807, 2.05) is 0 Å². The minimum atomic E-state index is -1.73. The number of carboxylic acid groups (broad SMARTS) is 1. The highest BCUT2D eigenvalue weighted by molar-refractivity contribution is 5.91. The Bertz CT molecular complexity index is 852. The average molecular weight is 485 g/mol. The number of benzene rings is 1. The smallest absolute Gasteiger partial charge is 0.338 e. The summed E-state index contributed by atoms with van der Waals surface area (Å²) < 4.78 is 21.6. The van der Waals surface area contributed by atoms with E-state index in [2.05, 4.69) is 0 Å². The number of esters is 1. The summed E-state index contributed by atoms with van der Waals surface area (Å²) >= 11 is 0. The Morgan fingerprint density at radius 1 is 1.03 bits per heavy atom. The van der Waals surface area contributed by atoms with Gasteiger partial charge in [0, 0.05) is 12.8 Å². The lowest BCUT2D eigenvalue weighted by molar-refractivity contribution is -0.174. The van der Waals surface area contributed by atoms with Crippen molar-refractivity contribution in [2.75, 3.05) is 20.8 Å². The maximum Gasteiger partial charge on any atom is 0.338 e. The van der Waals surface area contributed by atoms with Crippen LogP contribution in [-0.4, -0.2) is 83.4 Å². The van der Waals surface area contributed by atoms with Gasteiger partial charge in [-0.2, -0.15) is 0 Å². The summed E-state index contributed by atoms with van der Waals surface area (Å²) in [5.41, 5.74) is 5.42. The highest BCUT2D eigenvalue weighted by Crippen LogP contribution is 2.41. The molecule has 1 fully saturated rings. The number of hydrogen-bond donors (Lipinski definition) is 6. The quantitative estimate of drug-likeness (QED) is 0.103. The van der Waals surface area contributed by atoms with E-state index in [4.69, 9.17) is 30.1 Å². The molecule has 0 aromatic heterocycles. The van der Waals surface area contributed by atoms with Crippen LogP contribution in [0.4, 0.5) is 0 Å². The molecule has 0 aliphatic heterocycles. The van der Waals surface area contributed by atoms with Crippen molar-refractivity contribution < 1.29 is 49.0 Å². The Labute approximate surface area is 196 Å². The molecule has 1 aromatic carbocycles. The number of hydrogen-bond acceptors (Lipinski definition) is 10. The van der Waals surface area contributed by atoms with Crippen LogP contribution in [0, 0.1) is 11.3 Å². The van der Waals surface area contributed by atoms with Crippen molar-refractivity contribution in [2.24, 2.45) is 11.7 Å². The molecule has 34 heavy (non-hydrogen) atoms. The SMILES string of the molecule is COc1cc(C(=O)OCCCCCC(=N)N)cc(OC)c1O[C@@H]1C[C@H](C(=O)O)[C@@H](O)[C@H](O)[C@H]1O. The standard InChI is InChI=1S/C22H32N2O10/c1-31-14-8-11(22(30)33-7-5-3-4-6-16(23)24)9-15(32-2)20(14)34-13-10-12(21(28)29)17(25)19(27)18(13)26/h8-9,12-13,17-19,25-27H,3-7,10H2,1-2H3,(H3,23,24)(H,28,29)/t12-,13+,17+,18-,19-/m0/s1. The minimum Gasteiger partial charge on any atom is -0.493 e. The number of nitrogens with two attached hydrogens (primary N) is 1. The summed E-state index contributed by atoms with van der Waals surface area (Å²) in [6, 6.07) is 2.70. The van der Waals surface area contributed by atoms with Crippen LogP contribution in [0.1, 0.15) is 42.5 Å². The molecule has 2 rings (SSSR count). The van der Waals surface area contributed by atoms with Gasteiger partial charge in [0.15, 0.2) is 11.5 Å². The van der Waals surface area contributed by atoms with Crippen molar-refractivity contribution in [1.29, 1.82) is 5.41 Å². The molecule has 190 valence electrons. The fourth-order valence-electron chi connectivity index (χ4n) is 3.66. The number of nitrogens with one attached hydrogen (secondary N) is 1. The zero-order valence-electron chi connectivity index (χ0n) is 19.1. The molecule has 0 radical (unpaired) electrons. The number of amidine groups is 1. The monoisotopic (exact) mass is 484 g/mol. The van der Waals surface area contributed by atoms with Gasteiger partial charge >= 0.3 is 11.9 Å². The summed E-state index contributed by atoms with van der Waals surface area (Å²) in [4.78, 5) is 23.9. The van der Waals surface area contributed by atoms with Crippen LogP contribution in [0.3, 0.4) is 0 Å². The Morgan fingerprint density at radius 3 is 2.18 bits per heavy atom. The predicted molar refractivity (Wildman–Crippen MR) is 118 cm³/mol.